The quantitative estimate of drug-likeness (QED) is 0.432. The monoisotopic (exact) mass is 420 g/mol. The van der Waals surface area contributed by atoms with Crippen molar-refractivity contribution >= 4 is 21.9 Å². The van der Waals surface area contributed by atoms with Gasteiger partial charge in [-0.2, -0.15) is 4.68 Å². The fourth-order valence-electron chi connectivity index (χ4n) is 3.52. The maximum atomic E-state index is 14.9. The molecule has 1 atom stereocenters. The molecule has 10 heteroatoms. The average Bonchev–Trinajstić information content (AvgIpc) is 3.32. The van der Waals surface area contributed by atoms with E-state index in [-0.39, 0.29) is 24.5 Å². The number of benzene rings is 2. The van der Waals surface area contributed by atoms with Crippen LogP contribution in [-0.2, 0) is 20.1 Å². The molecule has 0 saturated heterocycles. The highest BCUT2D eigenvalue weighted by atomic mass is 19.1. The molecule has 9 nitrogen and oxygen atoms in total. The van der Waals surface area contributed by atoms with Crippen molar-refractivity contribution in [3.05, 3.63) is 87.5 Å². The lowest BCUT2D eigenvalue weighted by molar-refractivity contribution is 0.283. The highest BCUT2D eigenvalue weighted by molar-refractivity contribution is 5.83. The van der Waals surface area contributed by atoms with Gasteiger partial charge in [0.15, 0.2) is 11.2 Å². The van der Waals surface area contributed by atoms with Gasteiger partial charge < -0.3 is 8.98 Å². The molecule has 0 radical (unpaired) electrons. The Morgan fingerprint density at radius 3 is 2.68 bits per heavy atom. The number of imidazole rings is 1. The van der Waals surface area contributed by atoms with E-state index in [1.54, 1.807) is 23.7 Å². The molecule has 156 valence electrons. The van der Waals surface area contributed by atoms with E-state index in [4.69, 9.17) is 4.42 Å². The van der Waals surface area contributed by atoms with Gasteiger partial charge in [-0.1, -0.05) is 36.4 Å². The van der Waals surface area contributed by atoms with E-state index in [2.05, 4.69) is 15.1 Å². The smallest absolute Gasteiger partial charge is 0.390 e. The van der Waals surface area contributed by atoms with Crippen molar-refractivity contribution in [2.45, 2.75) is 19.3 Å². The first-order valence-electron chi connectivity index (χ1n) is 9.55. The molecule has 0 aliphatic carbocycles. The van der Waals surface area contributed by atoms with Crippen LogP contribution in [0.1, 0.15) is 17.6 Å². The minimum Gasteiger partial charge on any atom is -0.390 e. The van der Waals surface area contributed by atoms with Crippen LogP contribution in [0.5, 0.6) is 0 Å². The fourth-order valence-corrected chi connectivity index (χ4v) is 3.52. The van der Waals surface area contributed by atoms with Gasteiger partial charge in [-0.3, -0.25) is 9.36 Å². The molecule has 5 rings (SSSR count). The fraction of sp³-hybridized carbons (Fsp3) is 0.190. The van der Waals surface area contributed by atoms with Gasteiger partial charge in [-0.25, -0.2) is 19.2 Å². The number of hydrogen-bond donors (Lipinski definition) is 0. The molecule has 0 fully saturated rings. The zero-order valence-corrected chi connectivity index (χ0v) is 16.5. The first-order chi connectivity index (χ1) is 15.0. The molecular weight excluding hydrogens is 403 g/mol. The lowest BCUT2D eigenvalue weighted by Gasteiger charge is -2.09. The second-order valence-corrected chi connectivity index (χ2v) is 7.22. The summed E-state index contributed by atoms with van der Waals surface area (Å²) in [7, 11) is 1.69. The number of nitrogens with zero attached hydrogens (tertiary/aromatic N) is 6. The number of halogens is 1. The van der Waals surface area contributed by atoms with E-state index >= 15 is 0 Å². The van der Waals surface area contributed by atoms with E-state index < -0.39 is 11.9 Å². The van der Waals surface area contributed by atoms with Crippen molar-refractivity contribution in [1.82, 2.24) is 28.9 Å². The number of hydrogen-bond acceptors (Lipinski definition) is 6. The maximum absolute atomic E-state index is 14.9. The van der Waals surface area contributed by atoms with Gasteiger partial charge >= 0.3 is 5.76 Å². The molecule has 5 aromatic rings. The zero-order valence-electron chi connectivity index (χ0n) is 16.5. The molecule has 0 bridgehead atoms. The van der Waals surface area contributed by atoms with Crippen LogP contribution >= 0.6 is 0 Å². The third-order valence-electron chi connectivity index (χ3n) is 5.12. The van der Waals surface area contributed by atoms with Gasteiger partial charge in [-0.15, -0.1) is 5.10 Å². The first kappa shape index (κ1) is 18.9. The molecule has 31 heavy (non-hydrogen) atoms. The van der Waals surface area contributed by atoms with E-state index in [9.17, 15) is 14.0 Å². The molecule has 2 aromatic carbocycles. The van der Waals surface area contributed by atoms with Crippen LogP contribution in [-0.4, -0.2) is 28.9 Å². The van der Waals surface area contributed by atoms with Gasteiger partial charge in [0.2, 0.25) is 5.89 Å². The van der Waals surface area contributed by atoms with Crippen LogP contribution in [0.3, 0.4) is 0 Å². The van der Waals surface area contributed by atoms with Gasteiger partial charge in [0.25, 0.3) is 5.56 Å². The largest absolute Gasteiger partial charge is 0.437 e. The van der Waals surface area contributed by atoms with Crippen molar-refractivity contribution < 1.29 is 8.81 Å². The van der Waals surface area contributed by atoms with E-state index in [1.165, 1.54) is 17.2 Å². The van der Waals surface area contributed by atoms with Crippen molar-refractivity contribution in [2.75, 3.05) is 0 Å². The Balaban J connectivity index is 1.39. The summed E-state index contributed by atoms with van der Waals surface area (Å²) in [5, 5.41) is 5.97. The number of aryl methyl sites for hydroxylation is 1. The summed E-state index contributed by atoms with van der Waals surface area (Å²) < 4.78 is 23.8. The highest BCUT2D eigenvalue weighted by Gasteiger charge is 2.17. The zero-order chi connectivity index (χ0) is 21.5. The lowest BCUT2D eigenvalue weighted by atomic mass is 10.0. The summed E-state index contributed by atoms with van der Waals surface area (Å²) in [5.74, 6) is -0.804. The Morgan fingerprint density at radius 1 is 1.06 bits per heavy atom. The number of alkyl halides is 1. The Kier molecular flexibility index (Phi) is 4.46. The van der Waals surface area contributed by atoms with Crippen LogP contribution in [0.4, 0.5) is 4.39 Å². The Hall–Kier alpha value is -4.08. The number of fused-ring (bicyclic) bond motifs is 2. The molecule has 0 unspecified atom stereocenters. The van der Waals surface area contributed by atoms with E-state index in [1.807, 2.05) is 30.3 Å². The van der Waals surface area contributed by atoms with Crippen molar-refractivity contribution in [3.8, 4) is 0 Å². The molecular formula is C21H17FN6O3. The Bertz CT molecular complexity index is 1530. The molecule has 0 aliphatic rings. The van der Waals surface area contributed by atoms with Crippen LogP contribution < -0.4 is 11.3 Å². The van der Waals surface area contributed by atoms with Gasteiger partial charge in [0, 0.05) is 7.05 Å². The molecule has 3 heterocycles. The van der Waals surface area contributed by atoms with E-state index in [0.29, 0.717) is 16.7 Å². The second-order valence-electron chi connectivity index (χ2n) is 7.22. The van der Waals surface area contributed by atoms with Crippen LogP contribution in [0, 0.1) is 0 Å². The summed E-state index contributed by atoms with van der Waals surface area (Å²) in [5.41, 5.74) is 0.745. The molecule has 0 N–H and O–H groups in total. The standard InChI is InChI=1S/C21H17FN6O3/c1-26-11-23-19-18(26)20(29)27(12-24-19)10-17-25-28(21(30)31-17)9-16(22)15-7-6-13-4-2-3-5-14(13)8-15/h2-8,11-12,16H,9-10H2,1H3/t16-/m0/s1. The van der Waals surface area contributed by atoms with Crippen LogP contribution in [0.15, 0.2) is 69.1 Å². The lowest BCUT2D eigenvalue weighted by Crippen LogP contribution is -2.23. The Labute approximate surface area is 174 Å². The molecule has 0 amide bonds. The topological polar surface area (TPSA) is 101 Å². The maximum Gasteiger partial charge on any atom is 0.437 e. The summed E-state index contributed by atoms with van der Waals surface area (Å²) >= 11 is 0. The van der Waals surface area contributed by atoms with Gasteiger partial charge in [0.05, 0.1) is 12.9 Å². The minimum absolute atomic E-state index is 0.0128. The second kappa shape index (κ2) is 7.31. The SMILES string of the molecule is Cn1cnc2ncn(Cc3nn(C[C@H](F)c4ccc5ccccc5c4)c(=O)o3)c(=O)c21. The molecule has 0 spiro atoms. The normalized spacial score (nSPS) is 12.6. The minimum atomic E-state index is -1.45. The summed E-state index contributed by atoms with van der Waals surface area (Å²) in [6, 6.07) is 12.9. The Morgan fingerprint density at radius 2 is 1.84 bits per heavy atom. The number of rotatable bonds is 5. The van der Waals surface area contributed by atoms with Crippen molar-refractivity contribution in [3.63, 3.8) is 0 Å². The first-order valence-corrected chi connectivity index (χ1v) is 9.55. The summed E-state index contributed by atoms with van der Waals surface area (Å²) in [4.78, 5) is 32.9. The predicted molar refractivity (Wildman–Crippen MR) is 110 cm³/mol. The molecule has 0 saturated carbocycles. The predicted octanol–water partition coefficient (Wildman–Crippen LogP) is 2.19. The molecule has 0 aliphatic heterocycles. The van der Waals surface area contributed by atoms with Crippen molar-refractivity contribution in [2.24, 2.45) is 7.05 Å². The van der Waals surface area contributed by atoms with Crippen LogP contribution in [0.25, 0.3) is 21.9 Å². The van der Waals surface area contributed by atoms with E-state index in [0.717, 1.165) is 15.5 Å². The number of aromatic nitrogens is 6. The third-order valence-corrected chi connectivity index (χ3v) is 5.12. The van der Waals surface area contributed by atoms with Gasteiger partial charge in [0.1, 0.15) is 19.0 Å². The van der Waals surface area contributed by atoms with Crippen LogP contribution in [0.2, 0.25) is 0 Å². The average molecular weight is 420 g/mol. The highest BCUT2D eigenvalue weighted by Crippen LogP contribution is 2.23. The van der Waals surface area contributed by atoms with Gasteiger partial charge in [-0.05, 0) is 22.4 Å². The third kappa shape index (κ3) is 3.41. The van der Waals surface area contributed by atoms with Crippen molar-refractivity contribution in [1.29, 1.82) is 0 Å². The molecule has 3 aromatic heterocycles. The summed E-state index contributed by atoms with van der Waals surface area (Å²) in [6.07, 6.45) is 1.35. The summed E-state index contributed by atoms with van der Waals surface area (Å²) in [6.45, 7) is -0.406.